The second-order valence-corrected chi connectivity index (χ2v) is 9.38. The normalized spacial score (nSPS) is 22.7. The van der Waals surface area contributed by atoms with Crippen LogP contribution in [0.5, 0.6) is 0 Å². The molecule has 0 unspecified atom stereocenters. The number of fused-ring (bicyclic) bond motifs is 2. The van der Waals surface area contributed by atoms with E-state index in [9.17, 15) is 13.2 Å². The van der Waals surface area contributed by atoms with E-state index in [1.807, 2.05) is 17.9 Å². The number of rotatable bonds is 4. The van der Waals surface area contributed by atoms with Crippen LogP contribution in [0.4, 0.5) is 19.0 Å². The zero-order valence-corrected chi connectivity index (χ0v) is 17.5. The molecule has 2 saturated heterocycles. The molecule has 3 aromatic heterocycles. The van der Waals surface area contributed by atoms with E-state index < -0.39 is 12.6 Å². The monoisotopic (exact) mass is 436 g/mol. The number of alkyl halides is 3. The average Bonchev–Trinajstić information content (AvgIpc) is 3.38. The van der Waals surface area contributed by atoms with Crippen LogP contribution in [-0.4, -0.2) is 56.5 Å². The summed E-state index contributed by atoms with van der Waals surface area (Å²) in [7, 11) is 1.93. The van der Waals surface area contributed by atoms with E-state index in [0.29, 0.717) is 16.8 Å². The fraction of sp³-hybridized carbons (Fsp3) is 0.550. The fourth-order valence-electron chi connectivity index (χ4n) is 4.89. The molecule has 0 N–H and O–H groups in total. The van der Waals surface area contributed by atoms with Crippen LogP contribution in [0.1, 0.15) is 23.3 Å². The van der Waals surface area contributed by atoms with E-state index in [-0.39, 0.29) is 4.88 Å². The molecule has 5 heterocycles. The van der Waals surface area contributed by atoms with Crippen molar-refractivity contribution in [2.24, 2.45) is 13.0 Å². The maximum Gasteiger partial charge on any atom is 0.393 e. The predicted octanol–water partition coefficient (Wildman–Crippen LogP) is 3.63. The zero-order valence-electron chi connectivity index (χ0n) is 16.6. The fourth-order valence-corrected chi connectivity index (χ4v) is 5.91. The second kappa shape index (κ2) is 7.49. The Hall–Kier alpha value is -2.20. The Morgan fingerprint density at radius 3 is 2.83 bits per heavy atom. The van der Waals surface area contributed by atoms with Crippen molar-refractivity contribution in [3.8, 4) is 0 Å². The molecular weight excluding hydrogens is 413 g/mol. The van der Waals surface area contributed by atoms with Crippen LogP contribution >= 0.6 is 11.3 Å². The van der Waals surface area contributed by atoms with Crippen molar-refractivity contribution < 1.29 is 13.2 Å². The van der Waals surface area contributed by atoms with Crippen molar-refractivity contribution in [3.63, 3.8) is 0 Å². The number of thiophene rings is 1. The number of piperidine rings is 1. The summed E-state index contributed by atoms with van der Waals surface area (Å²) in [6.45, 7) is 3.70. The minimum absolute atomic E-state index is 0.289. The summed E-state index contributed by atoms with van der Waals surface area (Å²) in [4.78, 5) is 14.4. The number of aryl methyl sites for hydroxylation is 1. The van der Waals surface area contributed by atoms with E-state index in [2.05, 4.69) is 31.1 Å². The summed E-state index contributed by atoms with van der Waals surface area (Å²) in [5.74, 6) is 1.31. The van der Waals surface area contributed by atoms with Crippen molar-refractivity contribution in [1.29, 1.82) is 0 Å². The van der Waals surface area contributed by atoms with Gasteiger partial charge in [0.15, 0.2) is 0 Å². The van der Waals surface area contributed by atoms with E-state index in [1.54, 1.807) is 6.07 Å². The minimum Gasteiger partial charge on any atom is -0.356 e. The Morgan fingerprint density at radius 2 is 2.07 bits per heavy atom. The molecule has 5 rings (SSSR count). The third kappa shape index (κ3) is 3.90. The van der Waals surface area contributed by atoms with Crippen molar-refractivity contribution in [2.75, 3.05) is 24.5 Å². The van der Waals surface area contributed by atoms with Gasteiger partial charge < -0.3 is 4.90 Å². The van der Waals surface area contributed by atoms with Gasteiger partial charge >= 0.3 is 6.18 Å². The Morgan fingerprint density at radius 1 is 1.20 bits per heavy atom. The first-order valence-corrected chi connectivity index (χ1v) is 10.9. The van der Waals surface area contributed by atoms with Gasteiger partial charge in [0.05, 0.1) is 18.0 Å². The van der Waals surface area contributed by atoms with E-state index in [0.717, 1.165) is 61.6 Å². The summed E-state index contributed by atoms with van der Waals surface area (Å²) >= 11 is 1.11. The Bertz CT molecular complexity index is 1040. The maximum atomic E-state index is 12.8. The Kier molecular flexibility index (Phi) is 4.93. The summed E-state index contributed by atoms with van der Waals surface area (Å²) < 4.78 is 40.3. The van der Waals surface area contributed by atoms with E-state index in [1.165, 1.54) is 11.9 Å². The molecule has 0 radical (unpaired) electrons. The number of hydrogen-bond donors (Lipinski definition) is 0. The third-order valence-electron chi connectivity index (χ3n) is 6.13. The topological polar surface area (TPSA) is 50.1 Å². The van der Waals surface area contributed by atoms with Crippen molar-refractivity contribution in [3.05, 3.63) is 35.2 Å². The van der Waals surface area contributed by atoms with Crippen LogP contribution < -0.4 is 4.90 Å². The van der Waals surface area contributed by atoms with Gasteiger partial charge in [-0.1, -0.05) is 0 Å². The van der Waals surface area contributed by atoms with Crippen molar-refractivity contribution in [1.82, 2.24) is 24.6 Å². The Balaban J connectivity index is 1.32. The highest BCUT2D eigenvalue weighted by Gasteiger charge is 2.39. The zero-order chi connectivity index (χ0) is 20.9. The van der Waals surface area contributed by atoms with Gasteiger partial charge in [-0.2, -0.15) is 18.3 Å². The number of hydrogen-bond acceptors (Lipinski definition) is 6. The predicted molar refractivity (Wildman–Crippen MR) is 110 cm³/mol. The summed E-state index contributed by atoms with van der Waals surface area (Å²) in [5, 5.41) is 5.01. The molecule has 30 heavy (non-hydrogen) atoms. The van der Waals surface area contributed by atoms with Gasteiger partial charge in [0.25, 0.3) is 0 Å². The minimum atomic E-state index is -4.21. The number of nitrogens with zero attached hydrogens (tertiary/aromatic N) is 6. The lowest BCUT2D eigenvalue weighted by Gasteiger charge is -2.38. The van der Waals surface area contributed by atoms with E-state index >= 15 is 0 Å². The molecule has 0 spiro atoms. The van der Waals surface area contributed by atoms with Crippen LogP contribution in [0.25, 0.3) is 10.2 Å². The highest BCUT2D eigenvalue weighted by Crippen LogP contribution is 2.38. The van der Waals surface area contributed by atoms with E-state index in [4.69, 9.17) is 0 Å². The second-order valence-electron chi connectivity index (χ2n) is 8.26. The van der Waals surface area contributed by atoms with Crippen LogP contribution in [-0.2, 0) is 20.0 Å². The summed E-state index contributed by atoms with van der Waals surface area (Å²) in [5.41, 5.74) is 1.23. The van der Waals surface area contributed by atoms with Crippen LogP contribution in [0.3, 0.4) is 0 Å². The molecule has 2 atom stereocenters. The van der Waals surface area contributed by atoms with Crippen molar-refractivity contribution in [2.45, 2.75) is 38.0 Å². The quantitative estimate of drug-likeness (QED) is 0.625. The molecule has 0 amide bonds. The van der Waals surface area contributed by atoms with Gasteiger partial charge in [-0.25, -0.2) is 9.97 Å². The van der Waals surface area contributed by atoms with Gasteiger partial charge in [0, 0.05) is 49.4 Å². The standard InChI is InChI=1S/C20H23F3N6S/c1-27-9-13(8-26-27)10-28-4-2-14-11-29(5-3-17(14)28)18-16-6-15(7-20(21,22)23)30-19(16)25-12-24-18/h6,8-9,12,14,17H,2-5,7,10-11H2,1H3/t14-,17+/m0/s1. The lowest BCUT2D eigenvalue weighted by atomic mass is 9.92. The molecule has 10 heteroatoms. The molecule has 2 aliphatic rings. The third-order valence-corrected chi connectivity index (χ3v) is 7.17. The summed E-state index contributed by atoms with van der Waals surface area (Å²) in [6.07, 6.45) is 2.48. The molecular formula is C20H23F3N6S. The number of likely N-dealkylation sites (tertiary alicyclic amines) is 1. The molecule has 6 nitrogen and oxygen atoms in total. The highest BCUT2D eigenvalue weighted by atomic mass is 32.1. The average molecular weight is 437 g/mol. The molecule has 2 aliphatic heterocycles. The summed E-state index contributed by atoms with van der Waals surface area (Å²) in [6, 6.07) is 2.15. The number of aromatic nitrogens is 4. The SMILES string of the molecule is Cn1cc(CN2CC[C@H]3CN(c4ncnc5sc(CC(F)(F)F)cc45)CC[C@H]32)cn1. The van der Waals surface area contributed by atoms with Crippen LogP contribution in [0.2, 0.25) is 0 Å². The van der Waals surface area contributed by atoms with Gasteiger partial charge in [-0.3, -0.25) is 9.58 Å². The lowest BCUT2D eigenvalue weighted by molar-refractivity contribution is -0.126. The first-order valence-electron chi connectivity index (χ1n) is 10.1. The van der Waals surface area contributed by atoms with Gasteiger partial charge in [-0.05, 0) is 31.4 Å². The van der Waals surface area contributed by atoms with Crippen LogP contribution in [0.15, 0.2) is 24.8 Å². The first-order chi connectivity index (χ1) is 14.4. The molecule has 0 bridgehead atoms. The van der Waals surface area contributed by atoms with Crippen molar-refractivity contribution >= 4 is 27.4 Å². The van der Waals surface area contributed by atoms with Gasteiger partial charge in [0.1, 0.15) is 17.0 Å². The smallest absolute Gasteiger partial charge is 0.356 e. The molecule has 3 aromatic rings. The Labute approximate surface area is 176 Å². The first kappa shape index (κ1) is 19.7. The lowest BCUT2D eigenvalue weighted by Crippen LogP contribution is -2.46. The maximum absolute atomic E-state index is 12.8. The largest absolute Gasteiger partial charge is 0.393 e. The number of anilines is 1. The van der Waals surface area contributed by atoms with Gasteiger partial charge in [0.2, 0.25) is 0 Å². The molecule has 160 valence electrons. The highest BCUT2D eigenvalue weighted by molar-refractivity contribution is 7.18. The molecule has 0 saturated carbocycles. The number of halogens is 3. The molecule has 0 aliphatic carbocycles. The molecule has 0 aromatic carbocycles. The molecule has 2 fully saturated rings. The van der Waals surface area contributed by atoms with Gasteiger partial charge in [-0.15, -0.1) is 11.3 Å². The van der Waals surface area contributed by atoms with Crippen LogP contribution in [0, 0.1) is 5.92 Å².